The van der Waals surface area contributed by atoms with E-state index in [1.165, 1.54) is 18.4 Å². The molecular formula is C15H22N2O. The van der Waals surface area contributed by atoms with Crippen LogP contribution >= 0.6 is 0 Å². The van der Waals surface area contributed by atoms with E-state index in [-0.39, 0.29) is 5.91 Å². The van der Waals surface area contributed by atoms with Crippen molar-refractivity contribution in [3.05, 3.63) is 29.8 Å². The highest BCUT2D eigenvalue weighted by Gasteiger charge is 2.19. The molecule has 3 heteroatoms. The van der Waals surface area contributed by atoms with E-state index in [1.807, 2.05) is 12.1 Å². The van der Waals surface area contributed by atoms with Crippen molar-refractivity contribution in [2.45, 2.75) is 32.6 Å². The normalized spacial score (nSPS) is 15.2. The molecule has 1 heterocycles. The van der Waals surface area contributed by atoms with Gasteiger partial charge in [0.05, 0.1) is 0 Å². The van der Waals surface area contributed by atoms with E-state index in [0.717, 1.165) is 25.2 Å². The first kappa shape index (κ1) is 13.1. The van der Waals surface area contributed by atoms with Crippen LogP contribution in [0.25, 0.3) is 0 Å². The molecule has 0 aromatic heterocycles. The molecule has 0 saturated carbocycles. The van der Waals surface area contributed by atoms with Gasteiger partial charge in [0, 0.05) is 12.1 Å². The Kier molecular flexibility index (Phi) is 4.76. The summed E-state index contributed by atoms with van der Waals surface area (Å²) in [5.41, 5.74) is 2.26. The number of hydrogen-bond donors (Lipinski definition) is 2. The number of rotatable bonds is 6. The third-order valence-corrected chi connectivity index (χ3v) is 3.40. The molecule has 0 radical (unpaired) electrons. The minimum Gasteiger partial charge on any atom is -0.326 e. The van der Waals surface area contributed by atoms with Gasteiger partial charge >= 0.3 is 0 Å². The van der Waals surface area contributed by atoms with Crippen LogP contribution < -0.4 is 10.6 Å². The third-order valence-electron chi connectivity index (χ3n) is 3.40. The van der Waals surface area contributed by atoms with Crippen LogP contribution in [-0.4, -0.2) is 19.0 Å². The molecule has 0 spiro atoms. The van der Waals surface area contributed by atoms with E-state index in [9.17, 15) is 4.79 Å². The van der Waals surface area contributed by atoms with Gasteiger partial charge in [-0.1, -0.05) is 25.5 Å². The summed E-state index contributed by atoms with van der Waals surface area (Å²) in [5, 5.41) is 6.14. The predicted molar refractivity (Wildman–Crippen MR) is 74.7 cm³/mol. The summed E-state index contributed by atoms with van der Waals surface area (Å²) in [7, 11) is 0. The van der Waals surface area contributed by atoms with E-state index in [4.69, 9.17) is 0 Å². The van der Waals surface area contributed by atoms with Crippen molar-refractivity contribution in [2.24, 2.45) is 5.92 Å². The summed E-state index contributed by atoms with van der Waals surface area (Å²) in [5.74, 6) is 0.650. The number of unbranched alkanes of at least 4 members (excludes halogenated alkanes) is 1. The summed E-state index contributed by atoms with van der Waals surface area (Å²) < 4.78 is 0. The van der Waals surface area contributed by atoms with Gasteiger partial charge in [0.1, 0.15) is 0 Å². The van der Waals surface area contributed by atoms with Crippen LogP contribution in [0.1, 0.15) is 31.7 Å². The zero-order chi connectivity index (χ0) is 12.8. The second-order valence-electron chi connectivity index (χ2n) is 5.08. The maximum atomic E-state index is 11.7. The molecule has 0 atom stereocenters. The molecule has 1 amide bonds. The molecule has 1 aromatic carbocycles. The molecule has 1 fully saturated rings. The Balaban J connectivity index is 1.79. The van der Waals surface area contributed by atoms with Gasteiger partial charge < -0.3 is 10.6 Å². The molecule has 1 aliphatic heterocycles. The van der Waals surface area contributed by atoms with Crippen molar-refractivity contribution in [1.29, 1.82) is 0 Å². The third kappa shape index (κ3) is 3.84. The average Bonchev–Trinajstić information content (AvgIpc) is 2.33. The SMILES string of the molecule is CCCCc1ccc(NC(=O)CC2CNC2)cc1. The van der Waals surface area contributed by atoms with Gasteiger partial charge in [-0.2, -0.15) is 0 Å². The number of nitrogens with one attached hydrogen (secondary N) is 2. The zero-order valence-electron chi connectivity index (χ0n) is 11.0. The summed E-state index contributed by atoms with van der Waals surface area (Å²) in [4.78, 5) is 11.7. The number of benzene rings is 1. The number of amides is 1. The summed E-state index contributed by atoms with van der Waals surface area (Å²) in [6.45, 7) is 4.15. The van der Waals surface area contributed by atoms with Gasteiger partial charge in [-0.25, -0.2) is 0 Å². The Morgan fingerprint density at radius 2 is 2.06 bits per heavy atom. The largest absolute Gasteiger partial charge is 0.326 e. The van der Waals surface area contributed by atoms with Crippen LogP contribution in [0.15, 0.2) is 24.3 Å². The van der Waals surface area contributed by atoms with Crippen molar-refractivity contribution in [2.75, 3.05) is 18.4 Å². The minimum absolute atomic E-state index is 0.128. The summed E-state index contributed by atoms with van der Waals surface area (Å²) in [6.07, 6.45) is 4.19. The molecule has 3 nitrogen and oxygen atoms in total. The van der Waals surface area contributed by atoms with E-state index in [2.05, 4.69) is 29.7 Å². The van der Waals surface area contributed by atoms with Crippen LogP contribution in [0.5, 0.6) is 0 Å². The lowest BCUT2D eigenvalue weighted by molar-refractivity contribution is -0.117. The van der Waals surface area contributed by atoms with E-state index >= 15 is 0 Å². The Labute approximate surface area is 109 Å². The molecule has 1 aliphatic rings. The fourth-order valence-corrected chi connectivity index (χ4v) is 2.10. The molecule has 0 aliphatic carbocycles. The average molecular weight is 246 g/mol. The Bertz CT molecular complexity index is 382. The summed E-state index contributed by atoms with van der Waals surface area (Å²) in [6, 6.07) is 8.22. The molecule has 98 valence electrons. The van der Waals surface area contributed by atoms with Crippen molar-refractivity contribution in [3.63, 3.8) is 0 Å². The van der Waals surface area contributed by atoms with Crippen LogP contribution in [0.4, 0.5) is 5.69 Å². The fraction of sp³-hybridized carbons (Fsp3) is 0.533. The van der Waals surface area contributed by atoms with Gasteiger partial charge in [-0.15, -0.1) is 0 Å². The Hall–Kier alpha value is -1.35. The number of carbonyl (C=O) groups is 1. The highest BCUT2D eigenvalue weighted by Crippen LogP contribution is 2.14. The molecular weight excluding hydrogens is 224 g/mol. The first-order chi connectivity index (χ1) is 8.78. The number of anilines is 1. The van der Waals surface area contributed by atoms with Crippen LogP contribution in [0, 0.1) is 5.92 Å². The maximum Gasteiger partial charge on any atom is 0.224 e. The molecule has 1 aromatic rings. The lowest BCUT2D eigenvalue weighted by Crippen LogP contribution is -2.43. The lowest BCUT2D eigenvalue weighted by atomic mass is 9.99. The van der Waals surface area contributed by atoms with Gasteiger partial charge in [0.2, 0.25) is 5.91 Å². The monoisotopic (exact) mass is 246 g/mol. The first-order valence-corrected chi connectivity index (χ1v) is 6.87. The highest BCUT2D eigenvalue weighted by molar-refractivity contribution is 5.90. The molecule has 0 unspecified atom stereocenters. The molecule has 1 saturated heterocycles. The standard InChI is InChI=1S/C15H22N2O/c1-2-3-4-12-5-7-14(8-6-12)17-15(18)9-13-10-16-11-13/h5-8,13,16H,2-4,9-11H2,1H3,(H,17,18). The van der Waals surface area contributed by atoms with Gasteiger partial charge in [-0.3, -0.25) is 4.79 Å². The van der Waals surface area contributed by atoms with Crippen LogP contribution in [-0.2, 0) is 11.2 Å². The Morgan fingerprint density at radius 1 is 1.33 bits per heavy atom. The number of carbonyl (C=O) groups excluding carboxylic acids is 1. The van der Waals surface area contributed by atoms with E-state index in [1.54, 1.807) is 0 Å². The second-order valence-corrected chi connectivity index (χ2v) is 5.08. The zero-order valence-corrected chi connectivity index (χ0v) is 11.0. The fourth-order valence-electron chi connectivity index (χ4n) is 2.10. The first-order valence-electron chi connectivity index (χ1n) is 6.87. The van der Waals surface area contributed by atoms with E-state index in [0.29, 0.717) is 12.3 Å². The van der Waals surface area contributed by atoms with Crippen molar-refractivity contribution >= 4 is 11.6 Å². The van der Waals surface area contributed by atoms with Gasteiger partial charge in [-0.05, 0) is 49.5 Å². The Morgan fingerprint density at radius 3 is 2.61 bits per heavy atom. The van der Waals surface area contributed by atoms with Crippen LogP contribution in [0.2, 0.25) is 0 Å². The van der Waals surface area contributed by atoms with Gasteiger partial charge in [0.25, 0.3) is 0 Å². The lowest BCUT2D eigenvalue weighted by Gasteiger charge is -2.26. The molecule has 2 N–H and O–H groups in total. The maximum absolute atomic E-state index is 11.7. The predicted octanol–water partition coefficient (Wildman–Crippen LogP) is 2.58. The minimum atomic E-state index is 0.128. The quantitative estimate of drug-likeness (QED) is 0.810. The summed E-state index contributed by atoms with van der Waals surface area (Å²) >= 11 is 0. The number of hydrogen-bond acceptors (Lipinski definition) is 2. The molecule has 18 heavy (non-hydrogen) atoms. The van der Waals surface area contributed by atoms with Crippen LogP contribution in [0.3, 0.4) is 0 Å². The highest BCUT2D eigenvalue weighted by atomic mass is 16.1. The second kappa shape index (κ2) is 6.55. The van der Waals surface area contributed by atoms with E-state index < -0.39 is 0 Å². The van der Waals surface area contributed by atoms with Crippen molar-refractivity contribution in [1.82, 2.24) is 5.32 Å². The number of aryl methyl sites for hydroxylation is 1. The van der Waals surface area contributed by atoms with Crippen molar-refractivity contribution < 1.29 is 4.79 Å². The van der Waals surface area contributed by atoms with Crippen molar-refractivity contribution in [3.8, 4) is 0 Å². The topological polar surface area (TPSA) is 41.1 Å². The molecule has 2 rings (SSSR count). The van der Waals surface area contributed by atoms with Gasteiger partial charge in [0.15, 0.2) is 0 Å². The smallest absolute Gasteiger partial charge is 0.224 e. The molecule has 0 bridgehead atoms.